The fourth-order valence-corrected chi connectivity index (χ4v) is 3.31. The van der Waals surface area contributed by atoms with Crippen LogP contribution in [-0.2, 0) is 15.6 Å². The molecule has 0 saturated heterocycles. The van der Waals surface area contributed by atoms with Crippen molar-refractivity contribution < 1.29 is 9.59 Å². The van der Waals surface area contributed by atoms with Crippen LogP contribution in [0.1, 0.15) is 55.1 Å². The first-order valence-corrected chi connectivity index (χ1v) is 9.03. The summed E-state index contributed by atoms with van der Waals surface area (Å²) in [5.74, 6) is -0.691. The molecule has 0 aliphatic heterocycles. The average Bonchev–Trinajstić information content (AvgIpc) is 3.37. The molecule has 0 radical (unpaired) electrons. The summed E-state index contributed by atoms with van der Waals surface area (Å²) in [6.45, 7) is 6.50. The Labute approximate surface area is 158 Å². The van der Waals surface area contributed by atoms with Crippen LogP contribution in [0.4, 0.5) is 5.69 Å². The van der Waals surface area contributed by atoms with Gasteiger partial charge < -0.3 is 11.1 Å². The number of halogens is 1. The first-order chi connectivity index (χ1) is 12.1. The zero-order chi connectivity index (χ0) is 19.1. The maximum Gasteiger partial charge on any atom is 0.250 e. The molecule has 136 valence electrons. The Balaban J connectivity index is 1.82. The van der Waals surface area contributed by atoms with Crippen LogP contribution in [0.25, 0.3) is 0 Å². The lowest BCUT2D eigenvalue weighted by molar-refractivity contribution is -0.118. The van der Waals surface area contributed by atoms with Gasteiger partial charge in [0.2, 0.25) is 11.8 Å². The molecule has 1 aliphatic rings. The number of rotatable bonds is 4. The summed E-state index contributed by atoms with van der Waals surface area (Å²) in [4.78, 5) is 24.3. The first-order valence-electron chi connectivity index (χ1n) is 8.65. The molecule has 0 unspecified atom stereocenters. The molecule has 1 aliphatic carbocycles. The molecule has 3 rings (SSSR count). The Morgan fingerprint density at radius 3 is 2.19 bits per heavy atom. The highest BCUT2D eigenvalue weighted by atomic mass is 35.5. The van der Waals surface area contributed by atoms with Gasteiger partial charge in [-0.3, -0.25) is 9.59 Å². The highest BCUT2D eigenvalue weighted by Crippen LogP contribution is 2.49. The smallest absolute Gasteiger partial charge is 0.250 e. The number of amides is 2. The van der Waals surface area contributed by atoms with Crippen molar-refractivity contribution in [2.24, 2.45) is 5.73 Å². The number of carbonyl (C=O) groups excluding carboxylic acids is 2. The van der Waals surface area contributed by atoms with Crippen LogP contribution >= 0.6 is 11.6 Å². The van der Waals surface area contributed by atoms with E-state index in [4.69, 9.17) is 17.3 Å². The van der Waals surface area contributed by atoms with Crippen LogP contribution in [0.5, 0.6) is 0 Å². The van der Waals surface area contributed by atoms with Gasteiger partial charge in [0.1, 0.15) is 0 Å². The summed E-state index contributed by atoms with van der Waals surface area (Å²) < 4.78 is 0. The number of benzene rings is 2. The van der Waals surface area contributed by atoms with Crippen molar-refractivity contribution in [3.8, 4) is 0 Å². The zero-order valence-corrected chi connectivity index (χ0v) is 16.0. The fraction of sp³-hybridized carbons (Fsp3) is 0.333. The van der Waals surface area contributed by atoms with E-state index in [1.807, 2.05) is 12.1 Å². The van der Waals surface area contributed by atoms with Crippen molar-refractivity contribution in [2.75, 3.05) is 5.32 Å². The number of nitrogens with two attached hydrogens (primary N) is 1. The number of hydrogen-bond acceptors (Lipinski definition) is 2. The summed E-state index contributed by atoms with van der Waals surface area (Å²) >= 11 is 5.96. The Morgan fingerprint density at radius 2 is 1.69 bits per heavy atom. The van der Waals surface area contributed by atoms with Gasteiger partial charge in [-0.05, 0) is 47.6 Å². The second-order valence-electron chi connectivity index (χ2n) is 7.92. The van der Waals surface area contributed by atoms with Crippen LogP contribution < -0.4 is 11.1 Å². The number of hydrogen-bond donors (Lipinski definition) is 2. The first kappa shape index (κ1) is 18.5. The predicted octanol–water partition coefficient (Wildman–Crippen LogP) is 4.41. The molecule has 0 atom stereocenters. The summed E-state index contributed by atoms with van der Waals surface area (Å²) in [6.07, 6.45) is 1.62. The lowest BCUT2D eigenvalue weighted by Gasteiger charge is -2.21. The van der Waals surface area contributed by atoms with E-state index in [0.717, 1.165) is 18.4 Å². The Kier molecular flexibility index (Phi) is 4.57. The minimum absolute atomic E-state index is 0.0706. The Bertz CT molecular complexity index is 863. The normalized spacial score (nSPS) is 15.4. The third-order valence-electron chi connectivity index (χ3n) is 4.98. The monoisotopic (exact) mass is 370 g/mol. The SMILES string of the molecule is CC(C)(C)c1ccc(C2(C(=O)Nc3ccc(Cl)c(C(N)=O)c3)CC2)cc1. The molecule has 1 fully saturated rings. The van der Waals surface area contributed by atoms with Crippen molar-refractivity contribution in [1.82, 2.24) is 0 Å². The van der Waals surface area contributed by atoms with E-state index < -0.39 is 11.3 Å². The topological polar surface area (TPSA) is 72.2 Å². The number of carbonyl (C=O) groups is 2. The molecule has 5 heteroatoms. The van der Waals surface area contributed by atoms with Gasteiger partial charge in [-0.15, -0.1) is 0 Å². The molecule has 1 saturated carbocycles. The molecule has 0 aromatic heterocycles. The molecule has 2 amide bonds. The van der Waals surface area contributed by atoms with Gasteiger partial charge in [0.05, 0.1) is 16.0 Å². The van der Waals surface area contributed by atoms with Crippen molar-refractivity contribution in [3.63, 3.8) is 0 Å². The fourth-order valence-electron chi connectivity index (χ4n) is 3.10. The highest BCUT2D eigenvalue weighted by Gasteiger charge is 2.51. The molecule has 3 N–H and O–H groups in total. The molecule has 4 nitrogen and oxygen atoms in total. The van der Waals surface area contributed by atoms with E-state index in [1.54, 1.807) is 12.1 Å². The summed E-state index contributed by atoms with van der Waals surface area (Å²) in [7, 11) is 0. The average molecular weight is 371 g/mol. The van der Waals surface area contributed by atoms with Crippen molar-refractivity contribution in [2.45, 2.75) is 44.4 Å². The summed E-state index contributed by atoms with van der Waals surface area (Å²) in [5.41, 5.74) is 7.87. The maximum absolute atomic E-state index is 12.9. The van der Waals surface area contributed by atoms with E-state index in [2.05, 4.69) is 38.2 Å². The molecule has 2 aromatic rings. The third kappa shape index (κ3) is 3.47. The minimum atomic E-state index is -0.620. The van der Waals surface area contributed by atoms with Crippen LogP contribution in [0.15, 0.2) is 42.5 Å². The number of primary amides is 1. The second-order valence-corrected chi connectivity index (χ2v) is 8.33. The van der Waals surface area contributed by atoms with Gasteiger partial charge in [0.25, 0.3) is 0 Å². The predicted molar refractivity (Wildman–Crippen MR) is 105 cm³/mol. The van der Waals surface area contributed by atoms with Gasteiger partial charge in [-0.25, -0.2) is 0 Å². The van der Waals surface area contributed by atoms with Gasteiger partial charge >= 0.3 is 0 Å². The van der Waals surface area contributed by atoms with E-state index in [9.17, 15) is 9.59 Å². The Hall–Kier alpha value is -2.33. The van der Waals surface area contributed by atoms with Crippen LogP contribution in [0, 0.1) is 0 Å². The molecule has 0 bridgehead atoms. The van der Waals surface area contributed by atoms with E-state index >= 15 is 0 Å². The Morgan fingerprint density at radius 1 is 1.08 bits per heavy atom. The van der Waals surface area contributed by atoms with Crippen LogP contribution in [0.3, 0.4) is 0 Å². The van der Waals surface area contributed by atoms with E-state index in [0.29, 0.717) is 5.69 Å². The summed E-state index contributed by atoms with van der Waals surface area (Å²) in [6, 6.07) is 13.0. The molecule has 2 aromatic carbocycles. The zero-order valence-electron chi connectivity index (χ0n) is 15.2. The van der Waals surface area contributed by atoms with Crippen molar-refractivity contribution in [1.29, 1.82) is 0 Å². The van der Waals surface area contributed by atoms with Gasteiger partial charge in [0.15, 0.2) is 0 Å². The number of nitrogens with one attached hydrogen (secondary N) is 1. The summed E-state index contributed by atoms with van der Waals surface area (Å²) in [5, 5.41) is 3.18. The van der Waals surface area contributed by atoms with E-state index in [-0.39, 0.29) is 21.9 Å². The lowest BCUT2D eigenvalue weighted by atomic mass is 9.85. The largest absolute Gasteiger partial charge is 0.366 e. The quantitative estimate of drug-likeness (QED) is 0.836. The van der Waals surface area contributed by atoms with Crippen molar-refractivity contribution in [3.05, 3.63) is 64.2 Å². The standard InChI is InChI=1S/C21H23ClN2O2/c1-20(2,3)13-4-6-14(7-5-13)21(10-11-21)19(26)24-15-8-9-17(22)16(12-15)18(23)25/h4-9,12H,10-11H2,1-3H3,(H2,23,25)(H,24,26). The molecular formula is C21H23ClN2O2. The number of anilines is 1. The van der Waals surface area contributed by atoms with Gasteiger partial charge in [-0.1, -0.05) is 56.6 Å². The third-order valence-corrected chi connectivity index (χ3v) is 5.31. The second kappa shape index (κ2) is 6.44. The minimum Gasteiger partial charge on any atom is -0.366 e. The van der Waals surface area contributed by atoms with Crippen LogP contribution in [0.2, 0.25) is 5.02 Å². The molecule has 0 spiro atoms. The maximum atomic E-state index is 12.9. The van der Waals surface area contributed by atoms with E-state index in [1.165, 1.54) is 11.6 Å². The van der Waals surface area contributed by atoms with Gasteiger partial charge in [0, 0.05) is 5.69 Å². The van der Waals surface area contributed by atoms with Crippen LogP contribution in [-0.4, -0.2) is 11.8 Å². The highest BCUT2D eigenvalue weighted by molar-refractivity contribution is 6.34. The van der Waals surface area contributed by atoms with Crippen molar-refractivity contribution >= 4 is 29.1 Å². The molecule has 0 heterocycles. The molecule has 26 heavy (non-hydrogen) atoms. The van der Waals surface area contributed by atoms with Gasteiger partial charge in [-0.2, -0.15) is 0 Å². The molecular weight excluding hydrogens is 348 g/mol. The lowest BCUT2D eigenvalue weighted by Crippen LogP contribution is -2.28.